The highest BCUT2D eigenvalue weighted by Crippen LogP contribution is 2.32. The second kappa shape index (κ2) is 18.4. The lowest BCUT2D eigenvalue weighted by Gasteiger charge is -2.38. The van der Waals surface area contributed by atoms with Crippen molar-refractivity contribution in [2.45, 2.75) is 50.8 Å². The molecule has 2 amide bonds. The van der Waals surface area contributed by atoms with E-state index in [-0.39, 0.29) is 30.0 Å². The number of hydrogen-bond acceptors (Lipinski definition) is 10. The molecule has 3 saturated heterocycles. The molecule has 0 spiro atoms. The van der Waals surface area contributed by atoms with Crippen LogP contribution in [-0.2, 0) is 19.8 Å². The number of nitrogens with zero attached hydrogens (tertiary/aromatic N) is 5. The number of piperazine rings is 1. The molecule has 2 atom stereocenters. The first kappa shape index (κ1) is 43.7. The van der Waals surface area contributed by atoms with E-state index in [0.29, 0.717) is 68.1 Å². The number of aliphatic hydroxyl groups excluding tert-OH is 1. The molecule has 18 heteroatoms. The molecule has 8 rings (SSSR count). The van der Waals surface area contributed by atoms with Gasteiger partial charge < -0.3 is 30.5 Å². The summed E-state index contributed by atoms with van der Waals surface area (Å²) >= 11 is 0. The lowest BCUT2D eigenvalue weighted by molar-refractivity contribution is -0.133. The summed E-state index contributed by atoms with van der Waals surface area (Å²) in [5.41, 5.74) is 3.47. The number of fused-ring (bicyclic) bond motifs is 1. The van der Waals surface area contributed by atoms with Crippen LogP contribution in [0.25, 0.3) is 22.2 Å². The number of aromatic nitrogens is 2. The van der Waals surface area contributed by atoms with E-state index in [4.69, 9.17) is 0 Å². The Morgan fingerprint density at radius 1 is 0.921 bits per heavy atom. The Kier molecular flexibility index (Phi) is 12.8. The van der Waals surface area contributed by atoms with Crippen LogP contribution < -0.4 is 20.3 Å². The highest BCUT2D eigenvalue weighted by atomic mass is 32.2. The van der Waals surface area contributed by atoms with E-state index in [1.54, 1.807) is 19.2 Å². The predicted octanol–water partition coefficient (Wildman–Crippen LogP) is 4.88. The third-order valence-electron chi connectivity index (χ3n) is 12.4. The van der Waals surface area contributed by atoms with E-state index in [1.165, 1.54) is 18.8 Å². The molecule has 3 aliphatic rings. The minimum atomic E-state index is -4.14. The van der Waals surface area contributed by atoms with E-state index < -0.39 is 45.1 Å². The summed E-state index contributed by atoms with van der Waals surface area (Å²) in [6, 6.07) is 19.2. The quantitative estimate of drug-likeness (QED) is 0.102. The molecule has 0 bridgehead atoms. The van der Waals surface area contributed by atoms with Gasteiger partial charge in [0.15, 0.2) is 5.82 Å². The maximum Gasteiger partial charge on any atom is 0.301 e. The molecule has 2 aromatic heterocycles. The number of halogens is 2. The fourth-order valence-electron chi connectivity index (χ4n) is 8.49. The van der Waals surface area contributed by atoms with Crippen LogP contribution >= 0.6 is 0 Å². The standard InChI is InChI=1S/C45H51F2N9O6S/c1-3-53(2)63(61,62)52-37-13-12-36(46)41(42(37)47)43(59)35-26-49-44-34(35)24-31(25-48-44)29-6-10-33(11-7-29)55-20-22-56(23-21-55)40(58)27-54-18-16-30(17-19-54)28-4-8-32(9-5-28)50-38-14-15-39(57)51-45(38)60/h4-13,24-26,30,38-39,50,52,57H,3,14-23,27H2,1-2H3,(H,48,49)(H,51,60). The Morgan fingerprint density at radius 2 is 1.63 bits per heavy atom. The molecule has 2 unspecified atom stereocenters. The summed E-state index contributed by atoms with van der Waals surface area (Å²) in [4.78, 5) is 53.0. The van der Waals surface area contributed by atoms with Gasteiger partial charge in [-0.1, -0.05) is 31.2 Å². The Balaban J connectivity index is 0.833. The molecule has 3 aromatic carbocycles. The molecule has 5 N–H and O–H groups in total. The lowest BCUT2D eigenvalue weighted by Crippen LogP contribution is -2.51. The molecule has 5 heterocycles. The van der Waals surface area contributed by atoms with Gasteiger partial charge in [0.2, 0.25) is 17.6 Å². The number of benzene rings is 3. The average molecular weight is 884 g/mol. The zero-order valence-corrected chi connectivity index (χ0v) is 35.9. The number of H-pyrrole nitrogens is 1. The third kappa shape index (κ3) is 9.53. The van der Waals surface area contributed by atoms with Crippen molar-refractivity contribution in [1.82, 2.24) is 29.4 Å². The van der Waals surface area contributed by atoms with Crippen LogP contribution in [0.4, 0.5) is 25.8 Å². The zero-order chi connectivity index (χ0) is 44.4. The number of carbonyl (C=O) groups is 3. The number of aromatic amines is 1. The molecule has 3 aliphatic heterocycles. The van der Waals surface area contributed by atoms with Crippen molar-refractivity contribution in [3.05, 3.63) is 107 Å². The fourth-order valence-corrected chi connectivity index (χ4v) is 9.42. The second-order valence-electron chi connectivity index (χ2n) is 16.3. The van der Waals surface area contributed by atoms with Gasteiger partial charge in [0, 0.05) is 80.1 Å². The number of carbonyl (C=O) groups excluding carboxylic acids is 3. The first-order valence-corrected chi connectivity index (χ1v) is 22.7. The number of hydrogen-bond donors (Lipinski definition) is 5. The van der Waals surface area contributed by atoms with Gasteiger partial charge in [-0.2, -0.15) is 12.7 Å². The van der Waals surface area contributed by atoms with Crippen molar-refractivity contribution in [2.75, 3.05) is 74.3 Å². The van der Waals surface area contributed by atoms with Gasteiger partial charge in [0.25, 0.3) is 0 Å². The number of piperidine rings is 2. The fraction of sp³-hybridized carbons (Fsp3) is 0.378. The molecule has 5 aromatic rings. The number of amides is 2. The molecular weight excluding hydrogens is 833 g/mol. The largest absolute Gasteiger partial charge is 0.374 e. The molecule has 0 radical (unpaired) electrons. The van der Waals surface area contributed by atoms with Gasteiger partial charge in [-0.15, -0.1) is 0 Å². The van der Waals surface area contributed by atoms with E-state index >= 15 is 8.78 Å². The average Bonchev–Trinajstić information content (AvgIpc) is 3.72. The topological polar surface area (TPSA) is 183 Å². The summed E-state index contributed by atoms with van der Waals surface area (Å²) in [5.74, 6) is -3.09. The highest BCUT2D eigenvalue weighted by Gasteiger charge is 2.30. The molecule has 63 heavy (non-hydrogen) atoms. The van der Waals surface area contributed by atoms with E-state index in [2.05, 4.69) is 47.3 Å². The number of rotatable bonds is 13. The zero-order valence-electron chi connectivity index (χ0n) is 35.1. The Morgan fingerprint density at radius 3 is 2.32 bits per heavy atom. The number of nitrogens with one attached hydrogen (secondary N) is 4. The van der Waals surface area contributed by atoms with Crippen molar-refractivity contribution in [1.29, 1.82) is 0 Å². The van der Waals surface area contributed by atoms with Gasteiger partial charge in [0.1, 0.15) is 23.7 Å². The Bertz CT molecular complexity index is 2590. The van der Waals surface area contributed by atoms with Crippen LogP contribution in [0.3, 0.4) is 0 Å². The van der Waals surface area contributed by atoms with Crippen LogP contribution in [-0.4, -0.2) is 127 Å². The normalized spacial score (nSPS) is 19.0. The van der Waals surface area contributed by atoms with Crippen LogP contribution in [0.5, 0.6) is 0 Å². The maximum atomic E-state index is 15.6. The van der Waals surface area contributed by atoms with Crippen molar-refractivity contribution in [3.8, 4) is 11.1 Å². The Labute approximate surface area is 364 Å². The van der Waals surface area contributed by atoms with Crippen molar-refractivity contribution in [3.63, 3.8) is 0 Å². The van der Waals surface area contributed by atoms with E-state index in [9.17, 15) is 27.9 Å². The smallest absolute Gasteiger partial charge is 0.301 e. The number of anilines is 3. The molecule has 0 saturated carbocycles. The summed E-state index contributed by atoms with van der Waals surface area (Å²) in [6.45, 7) is 6.35. The van der Waals surface area contributed by atoms with Gasteiger partial charge >= 0.3 is 10.2 Å². The van der Waals surface area contributed by atoms with Crippen LogP contribution in [0.15, 0.2) is 79.1 Å². The molecule has 3 fully saturated rings. The number of likely N-dealkylation sites (tertiary alicyclic amines) is 1. The highest BCUT2D eigenvalue weighted by molar-refractivity contribution is 7.90. The first-order chi connectivity index (χ1) is 30.3. The summed E-state index contributed by atoms with van der Waals surface area (Å²) in [5, 5.41) is 15.8. The van der Waals surface area contributed by atoms with Crippen LogP contribution in [0.1, 0.15) is 60.0 Å². The molecule has 332 valence electrons. The minimum absolute atomic E-state index is 0.0246. The second-order valence-corrected chi connectivity index (χ2v) is 18.1. The third-order valence-corrected chi connectivity index (χ3v) is 14.0. The summed E-state index contributed by atoms with van der Waals surface area (Å²) in [7, 11) is -2.84. The SMILES string of the molecule is CCN(C)S(=O)(=O)Nc1ccc(F)c(C(=O)c2c[nH]c3ncc(-c4ccc(N5CCN(C(=O)CN6CCC(c7ccc(NC8CCC(O)NC8=O)cc7)CC6)CC5)cc4)cc23)c1F. The Hall–Kier alpha value is -5.95. The maximum absolute atomic E-state index is 15.6. The van der Waals surface area contributed by atoms with E-state index in [0.717, 1.165) is 59.3 Å². The number of pyridine rings is 1. The van der Waals surface area contributed by atoms with Gasteiger partial charge in [-0.3, -0.25) is 24.0 Å². The van der Waals surface area contributed by atoms with E-state index in [1.807, 2.05) is 41.3 Å². The minimum Gasteiger partial charge on any atom is -0.374 e. The van der Waals surface area contributed by atoms with Crippen LogP contribution in [0.2, 0.25) is 0 Å². The van der Waals surface area contributed by atoms with Gasteiger partial charge in [-0.05, 0) is 98.3 Å². The summed E-state index contributed by atoms with van der Waals surface area (Å²) in [6.07, 6.45) is 5.21. The number of aliphatic hydroxyl groups is 1. The van der Waals surface area contributed by atoms with Crippen molar-refractivity contribution < 1.29 is 36.7 Å². The monoisotopic (exact) mass is 883 g/mol. The predicted molar refractivity (Wildman–Crippen MR) is 237 cm³/mol. The van der Waals surface area contributed by atoms with Crippen LogP contribution in [0, 0.1) is 11.6 Å². The molecule has 15 nitrogen and oxygen atoms in total. The van der Waals surface area contributed by atoms with Gasteiger partial charge in [-0.25, -0.2) is 13.8 Å². The number of ketones is 1. The molecule has 0 aliphatic carbocycles. The first-order valence-electron chi connectivity index (χ1n) is 21.2. The van der Waals surface area contributed by atoms with Crippen molar-refractivity contribution >= 4 is 55.9 Å². The van der Waals surface area contributed by atoms with Crippen molar-refractivity contribution in [2.24, 2.45) is 0 Å². The lowest BCUT2D eigenvalue weighted by atomic mass is 9.89. The molecular formula is C45H51F2N9O6S. The van der Waals surface area contributed by atoms with Gasteiger partial charge in [0.05, 0.1) is 17.8 Å². The summed E-state index contributed by atoms with van der Waals surface area (Å²) < 4.78 is 58.8.